The molecule has 10 nitrogen and oxygen atoms in total. The molecule has 1 atom stereocenters. The summed E-state index contributed by atoms with van der Waals surface area (Å²) in [5.41, 5.74) is 2.16. The summed E-state index contributed by atoms with van der Waals surface area (Å²) in [5.74, 6) is -0.856. The second kappa shape index (κ2) is 12.2. The van der Waals surface area contributed by atoms with Crippen molar-refractivity contribution in [3.63, 3.8) is 0 Å². The van der Waals surface area contributed by atoms with Gasteiger partial charge in [-0.15, -0.1) is 0 Å². The second-order valence-electron chi connectivity index (χ2n) is 8.95. The molecule has 4 heterocycles. The predicted molar refractivity (Wildman–Crippen MR) is 144 cm³/mol. The van der Waals surface area contributed by atoms with Gasteiger partial charge < -0.3 is 20.1 Å². The van der Waals surface area contributed by atoms with Gasteiger partial charge in [-0.25, -0.2) is 18.3 Å². The van der Waals surface area contributed by atoms with Gasteiger partial charge in [-0.05, 0) is 19.1 Å². The van der Waals surface area contributed by atoms with Gasteiger partial charge in [0.1, 0.15) is 24.1 Å². The van der Waals surface area contributed by atoms with Gasteiger partial charge in [-0.3, -0.25) is 4.90 Å². The van der Waals surface area contributed by atoms with Crippen molar-refractivity contribution < 1.29 is 22.5 Å². The molecule has 1 aliphatic heterocycles. The van der Waals surface area contributed by atoms with E-state index in [1.54, 1.807) is 42.2 Å². The Kier molecular flexibility index (Phi) is 8.31. The van der Waals surface area contributed by atoms with Crippen LogP contribution in [0.5, 0.6) is 6.01 Å². The van der Waals surface area contributed by atoms with Crippen molar-refractivity contribution in [1.29, 1.82) is 0 Å². The van der Waals surface area contributed by atoms with Crippen LogP contribution in [-0.4, -0.2) is 82.0 Å². The van der Waals surface area contributed by atoms with Crippen LogP contribution in [0.15, 0.2) is 48.9 Å². The predicted octanol–water partition coefficient (Wildman–Crippen LogP) is 3.68. The fraction of sp³-hybridized carbons (Fsp3) is 0.385. The smallest absolute Gasteiger partial charge is 0.319 e. The normalized spacial score (nSPS) is 15.0. The van der Waals surface area contributed by atoms with Gasteiger partial charge in [0.05, 0.1) is 36.7 Å². The Labute approximate surface area is 223 Å². The molecule has 5 rings (SSSR count). The summed E-state index contributed by atoms with van der Waals surface area (Å²) in [6.45, 7) is 7.96. The molecule has 1 aliphatic rings. The molecule has 0 spiro atoms. The maximum Gasteiger partial charge on any atom is 0.319 e. The third-order valence-electron chi connectivity index (χ3n) is 6.27. The molecule has 12 heteroatoms. The standard InChI is InChI=1S/C26H30F2N8O2.3H2/c1-18(20-4-3-19(27)15-22(20)28)32-24-16-23(21-17-31-36-8-2-5-30-25(21)36)33-26(34-24)38-14-13-37-12-11-35-9-6-29-7-10-35;;;/h2-5,8,15-18,29H,6-7,9-14H2,1H3,(H,32,33,34);3*1H/t18-;;;/m0.../s1. The zero-order valence-corrected chi connectivity index (χ0v) is 21.1. The summed E-state index contributed by atoms with van der Waals surface area (Å²) in [5, 5.41) is 10.8. The van der Waals surface area contributed by atoms with Gasteiger partial charge in [0.15, 0.2) is 5.65 Å². The fourth-order valence-electron chi connectivity index (χ4n) is 4.28. The second-order valence-corrected chi connectivity index (χ2v) is 8.95. The average Bonchev–Trinajstić information content (AvgIpc) is 3.35. The number of aromatic nitrogens is 5. The molecule has 0 bridgehead atoms. The van der Waals surface area contributed by atoms with Gasteiger partial charge in [0, 0.05) is 67.1 Å². The molecule has 3 aromatic heterocycles. The number of benzene rings is 1. The molecule has 38 heavy (non-hydrogen) atoms. The van der Waals surface area contributed by atoms with Crippen LogP contribution < -0.4 is 15.4 Å². The molecular formula is C26H36F2N8O2. The van der Waals surface area contributed by atoms with E-state index < -0.39 is 17.7 Å². The number of ether oxygens (including phenoxy) is 2. The molecule has 0 amide bonds. The maximum atomic E-state index is 14.4. The zero-order chi connectivity index (χ0) is 26.3. The van der Waals surface area contributed by atoms with Gasteiger partial charge >= 0.3 is 6.01 Å². The minimum absolute atomic E-state index is 0. The number of hydrogen-bond donors (Lipinski definition) is 2. The Bertz CT molecular complexity index is 1380. The van der Waals surface area contributed by atoms with Crippen molar-refractivity contribution in [3.05, 3.63) is 66.1 Å². The monoisotopic (exact) mass is 530 g/mol. The van der Waals surface area contributed by atoms with E-state index in [9.17, 15) is 8.78 Å². The van der Waals surface area contributed by atoms with E-state index in [4.69, 9.17) is 9.47 Å². The molecule has 4 aromatic rings. The Morgan fingerprint density at radius 1 is 1.13 bits per heavy atom. The minimum Gasteiger partial charge on any atom is -0.461 e. The van der Waals surface area contributed by atoms with Crippen molar-refractivity contribution in [1.82, 2.24) is 34.8 Å². The lowest BCUT2D eigenvalue weighted by Gasteiger charge is -2.26. The summed E-state index contributed by atoms with van der Waals surface area (Å²) in [7, 11) is 0. The molecular weight excluding hydrogens is 494 g/mol. The summed E-state index contributed by atoms with van der Waals surface area (Å²) in [6, 6.07) is 6.64. The van der Waals surface area contributed by atoms with Crippen molar-refractivity contribution >= 4 is 11.5 Å². The van der Waals surface area contributed by atoms with E-state index >= 15 is 0 Å². The van der Waals surface area contributed by atoms with Gasteiger partial charge in [-0.2, -0.15) is 15.1 Å². The zero-order valence-electron chi connectivity index (χ0n) is 21.1. The molecule has 1 saturated heterocycles. The number of nitrogens with one attached hydrogen (secondary N) is 2. The fourth-order valence-corrected chi connectivity index (χ4v) is 4.28. The third-order valence-corrected chi connectivity index (χ3v) is 6.27. The van der Waals surface area contributed by atoms with Crippen LogP contribution in [0.3, 0.4) is 0 Å². The van der Waals surface area contributed by atoms with E-state index in [0.29, 0.717) is 41.5 Å². The van der Waals surface area contributed by atoms with Crippen LogP contribution in [0.25, 0.3) is 16.9 Å². The summed E-state index contributed by atoms with van der Waals surface area (Å²) in [6.07, 6.45) is 5.14. The molecule has 0 radical (unpaired) electrons. The number of nitrogens with zero attached hydrogens (tertiary/aromatic N) is 6. The first-order chi connectivity index (χ1) is 18.6. The van der Waals surface area contributed by atoms with Crippen molar-refractivity contribution in [2.75, 3.05) is 57.9 Å². The van der Waals surface area contributed by atoms with Gasteiger partial charge in [-0.1, -0.05) is 6.07 Å². The van der Waals surface area contributed by atoms with Gasteiger partial charge in [0.25, 0.3) is 0 Å². The van der Waals surface area contributed by atoms with E-state index in [0.717, 1.165) is 38.8 Å². The van der Waals surface area contributed by atoms with Crippen molar-refractivity contribution in [3.8, 4) is 17.3 Å². The molecule has 1 aromatic carbocycles. The molecule has 206 valence electrons. The van der Waals surface area contributed by atoms with Crippen LogP contribution in [-0.2, 0) is 4.74 Å². The Balaban J connectivity index is 0.00000196. The highest BCUT2D eigenvalue weighted by Gasteiger charge is 2.17. The number of anilines is 1. The van der Waals surface area contributed by atoms with E-state index in [2.05, 4.69) is 35.6 Å². The van der Waals surface area contributed by atoms with Gasteiger partial charge in [0.2, 0.25) is 0 Å². The quantitative estimate of drug-likeness (QED) is 0.281. The highest BCUT2D eigenvalue weighted by atomic mass is 19.1. The van der Waals surface area contributed by atoms with E-state index in [-0.39, 0.29) is 16.9 Å². The minimum atomic E-state index is -0.638. The van der Waals surface area contributed by atoms with Crippen LogP contribution in [0, 0.1) is 11.6 Å². The summed E-state index contributed by atoms with van der Waals surface area (Å²) >= 11 is 0. The molecule has 2 N–H and O–H groups in total. The average molecular weight is 531 g/mol. The SMILES string of the molecule is C[C@H](Nc1cc(-c2cnn3cccnc23)nc(OCCOCCN2CCNCC2)n1)c1ccc(F)cc1F.[HH].[HH].[HH]. The first-order valence-electron chi connectivity index (χ1n) is 12.6. The number of fused-ring (bicyclic) bond motifs is 1. The number of piperazine rings is 1. The van der Waals surface area contributed by atoms with Crippen molar-refractivity contribution in [2.24, 2.45) is 0 Å². The lowest BCUT2D eigenvalue weighted by Crippen LogP contribution is -2.44. The molecule has 1 fully saturated rings. The van der Waals surface area contributed by atoms with Crippen LogP contribution >= 0.6 is 0 Å². The highest BCUT2D eigenvalue weighted by molar-refractivity contribution is 5.75. The third kappa shape index (κ3) is 6.39. The number of hydrogen-bond acceptors (Lipinski definition) is 9. The summed E-state index contributed by atoms with van der Waals surface area (Å²) in [4.78, 5) is 15.8. The first-order valence-corrected chi connectivity index (χ1v) is 12.6. The number of halogens is 2. The Morgan fingerprint density at radius 3 is 2.84 bits per heavy atom. The van der Waals surface area contributed by atoms with Crippen molar-refractivity contribution in [2.45, 2.75) is 13.0 Å². The summed E-state index contributed by atoms with van der Waals surface area (Å²) < 4.78 is 41.0. The van der Waals surface area contributed by atoms with Crippen LogP contribution in [0.1, 0.15) is 22.8 Å². The highest BCUT2D eigenvalue weighted by Crippen LogP contribution is 2.28. The lowest BCUT2D eigenvalue weighted by atomic mass is 10.1. The topological polar surface area (TPSA) is 102 Å². The lowest BCUT2D eigenvalue weighted by molar-refractivity contribution is 0.0745. The maximum absolute atomic E-state index is 14.4. The Morgan fingerprint density at radius 2 is 2.00 bits per heavy atom. The van der Waals surface area contributed by atoms with E-state index in [1.165, 1.54) is 12.1 Å². The first kappa shape index (κ1) is 25.9. The van der Waals surface area contributed by atoms with Crippen LogP contribution in [0.4, 0.5) is 14.6 Å². The largest absolute Gasteiger partial charge is 0.461 e. The van der Waals surface area contributed by atoms with E-state index in [1.807, 2.05) is 0 Å². The molecule has 0 aliphatic carbocycles. The molecule has 0 saturated carbocycles. The van der Waals surface area contributed by atoms with Crippen LogP contribution in [0.2, 0.25) is 0 Å². The number of rotatable bonds is 11. The Hall–Kier alpha value is -3.74. The molecule has 0 unspecified atom stereocenters.